The molecule has 1 heterocycles. The molecule has 0 bridgehead atoms. The Morgan fingerprint density at radius 3 is 2.65 bits per heavy atom. The first kappa shape index (κ1) is 12.4. The third-order valence-electron chi connectivity index (χ3n) is 3.31. The van der Waals surface area contributed by atoms with Crippen LogP contribution in [-0.4, -0.2) is 22.7 Å². The van der Waals surface area contributed by atoms with Crippen molar-refractivity contribution < 1.29 is 5.11 Å². The van der Waals surface area contributed by atoms with Crippen LogP contribution in [0.1, 0.15) is 45.3 Å². The van der Waals surface area contributed by atoms with E-state index in [1.165, 1.54) is 12.8 Å². The number of aromatic nitrogens is 1. The van der Waals surface area contributed by atoms with E-state index in [0.717, 1.165) is 23.8 Å². The van der Waals surface area contributed by atoms with Gasteiger partial charge in [-0.25, -0.2) is 4.98 Å². The van der Waals surface area contributed by atoms with Gasteiger partial charge in [-0.2, -0.15) is 0 Å². The molecule has 0 radical (unpaired) electrons. The number of aliphatic hydroxyl groups is 1. The maximum absolute atomic E-state index is 9.82. The first-order valence-corrected chi connectivity index (χ1v) is 6.49. The smallest absolute Gasteiger partial charge is 0.134 e. The van der Waals surface area contributed by atoms with Gasteiger partial charge in [-0.05, 0) is 45.6 Å². The summed E-state index contributed by atoms with van der Waals surface area (Å²) in [6.07, 6.45) is 4.02. The predicted octanol–water partition coefficient (Wildman–Crippen LogP) is 2.76. The standard InChI is InChI=1S/C14H22N2O/c1-10(2)16(9-12-6-7-12)14-13(11(3)17)5-4-8-15-14/h4-5,8,10-12,17H,6-7,9H2,1-3H3/t11-/m1/s1. The van der Waals surface area contributed by atoms with Crippen LogP contribution in [0.15, 0.2) is 18.3 Å². The van der Waals surface area contributed by atoms with E-state index in [2.05, 4.69) is 23.7 Å². The summed E-state index contributed by atoms with van der Waals surface area (Å²) in [5.74, 6) is 1.77. The molecule has 3 heteroatoms. The van der Waals surface area contributed by atoms with E-state index >= 15 is 0 Å². The summed E-state index contributed by atoms with van der Waals surface area (Å²) in [5, 5.41) is 9.82. The molecule has 1 N–H and O–H groups in total. The molecule has 1 aromatic heterocycles. The number of rotatable bonds is 5. The molecule has 17 heavy (non-hydrogen) atoms. The second-order valence-corrected chi connectivity index (χ2v) is 5.28. The molecule has 1 saturated carbocycles. The van der Waals surface area contributed by atoms with Crippen LogP contribution >= 0.6 is 0 Å². The monoisotopic (exact) mass is 234 g/mol. The SMILES string of the molecule is CC(C)N(CC1CC1)c1ncccc1[C@@H](C)O. The lowest BCUT2D eigenvalue weighted by Gasteiger charge is -2.30. The van der Waals surface area contributed by atoms with Gasteiger partial charge in [0.05, 0.1) is 6.10 Å². The molecule has 0 aromatic carbocycles. The Kier molecular flexibility index (Phi) is 3.67. The molecule has 3 nitrogen and oxygen atoms in total. The van der Waals surface area contributed by atoms with Crippen LogP contribution in [0.25, 0.3) is 0 Å². The molecule has 1 aliphatic carbocycles. The van der Waals surface area contributed by atoms with Gasteiger partial charge >= 0.3 is 0 Å². The maximum Gasteiger partial charge on any atom is 0.134 e. The maximum atomic E-state index is 9.82. The molecule has 0 unspecified atom stereocenters. The lowest BCUT2D eigenvalue weighted by Crippen LogP contribution is -2.34. The molecule has 1 aromatic rings. The van der Waals surface area contributed by atoms with Gasteiger partial charge in [-0.3, -0.25) is 0 Å². The van der Waals surface area contributed by atoms with Crippen molar-refractivity contribution in [3.05, 3.63) is 23.9 Å². The summed E-state index contributed by atoms with van der Waals surface area (Å²) in [6, 6.07) is 4.28. The Hall–Kier alpha value is -1.09. The number of hydrogen-bond donors (Lipinski definition) is 1. The Bertz CT molecular complexity index is 372. The lowest BCUT2D eigenvalue weighted by atomic mass is 10.1. The molecular weight excluding hydrogens is 212 g/mol. The van der Waals surface area contributed by atoms with E-state index in [0.29, 0.717) is 6.04 Å². The molecule has 0 aliphatic heterocycles. The van der Waals surface area contributed by atoms with Crippen LogP contribution in [-0.2, 0) is 0 Å². The Morgan fingerprint density at radius 2 is 2.12 bits per heavy atom. The van der Waals surface area contributed by atoms with Crippen molar-refractivity contribution in [1.29, 1.82) is 0 Å². The topological polar surface area (TPSA) is 36.4 Å². The molecule has 1 aliphatic rings. The van der Waals surface area contributed by atoms with E-state index in [1.807, 2.05) is 18.3 Å². The van der Waals surface area contributed by atoms with Crippen LogP contribution in [0.4, 0.5) is 5.82 Å². The van der Waals surface area contributed by atoms with Crippen LogP contribution in [0.2, 0.25) is 0 Å². The normalized spacial score (nSPS) is 17.2. The van der Waals surface area contributed by atoms with Crippen molar-refractivity contribution in [3.63, 3.8) is 0 Å². The van der Waals surface area contributed by atoms with Gasteiger partial charge in [0.25, 0.3) is 0 Å². The highest BCUT2D eigenvalue weighted by Crippen LogP contribution is 2.33. The zero-order chi connectivity index (χ0) is 12.4. The first-order chi connectivity index (χ1) is 8.09. The summed E-state index contributed by atoms with van der Waals surface area (Å²) >= 11 is 0. The first-order valence-electron chi connectivity index (χ1n) is 6.49. The predicted molar refractivity (Wildman–Crippen MR) is 70.1 cm³/mol. The van der Waals surface area contributed by atoms with Gasteiger partial charge < -0.3 is 10.0 Å². The zero-order valence-corrected chi connectivity index (χ0v) is 10.9. The van der Waals surface area contributed by atoms with Gasteiger partial charge in [0.15, 0.2) is 0 Å². The average Bonchev–Trinajstić information content (AvgIpc) is 3.09. The summed E-state index contributed by atoms with van der Waals surface area (Å²) in [4.78, 5) is 6.79. The van der Waals surface area contributed by atoms with Gasteiger partial charge in [-0.15, -0.1) is 0 Å². The average molecular weight is 234 g/mol. The Balaban J connectivity index is 2.27. The molecule has 1 fully saturated rings. The lowest BCUT2D eigenvalue weighted by molar-refractivity contribution is 0.199. The fraction of sp³-hybridized carbons (Fsp3) is 0.643. The van der Waals surface area contributed by atoms with Crippen molar-refractivity contribution >= 4 is 5.82 Å². The van der Waals surface area contributed by atoms with E-state index < -0.39 is 6.10 Å². The Morgan fingerprint density at radius 1 is 1.41 bits per heavy atom. The van der Waals surface area contributed by atoms with Crippen LogP contribution in [0, 0.1) is 5.92 Å². The molecule has 1 atom stereocenters. The van der Waals surface area contributed by atoms with Gasteiger partial charge in [-0.1, -0.05) is 6.07 Å². The number of anilines is 1. The van der Waals surface area contributed by atoms with E-state index in [9.17, 15) is 5.11 Å². The van der Waals surface area contributed by atoms with Crippen LogP contribution in [0.5, 0.6) is 0 Å². The van der Waals surface area contributed by atoms with Crippen LogP contribution < -0.4 is 4.90 Å². The number of hydrogen-bond acceptors (Lipinski definition) is 3. The van der Waals surface area contributed by atoms with Crippen molar-refractivity contribution in [2.45, 2.75) is 45.8 Å². The minimum atomic E-state index is -0.459. The molecule has 0 saturated heterocycles. The Labute approximate surface area is 103 Å². The van der Waals surface area contributed by atoms with Crippen LogP contribution in [0.3, 0.4) is 0 Å². The van der Waals surface area contributed by atoms with Gasteiger partial charge in [0.1, 0.15) is 5.82 Å². The summed E-state index contributed by atoms with van der Waals surface area (Å²) in [7, 11) is 0. The zero-order valence-electron chi connectivity index (χ0n) is 10.9. The number of aliphatic hydroxyl groups excluding tert-OH is 1. The molecular formula is C14H22N2O. The minimum absolute atomic E-state index is 0.419. The summed E-state index contributed by atoms with van der Waals surface area (Å²) < 4.78 is 0. The van der Waals surface area contributed by atoms with Gasteiger partial charge in [0.2, 0.25) is 0 Å². The van der Waals surface area contributed by atoms with Crippen molar-refractivity contribution in [1.82, 2.24) is 4.98 Å². The molecule has 2 rings (SSSR count). The van der Waals surface area contributed by atoms with E-state index in [1.54, 1.807) is 6.92 Å². The molecule has 0 spiro atoms. The fourth-order valence-electron chi connectivity index (χ4n) is 2.10. The molecule has 0 amide bonds. The second kappa shape index (κ2) is 5.05. The van der Waals surface area contributed by atoms with Crippen molar-refractivity contribution in [2.24, 2.45) is 5.92 Å². The number of pyridine rings is 1. The highest BCUT2D eigenvalue weighted by molar-refractivity contribution is 5.48. The highest BCUT2D eigenvalue weighted by atomic mass is 16.3. The summed E-state index contributed by atoms with van der Waals surface area (Å²) in [6.45, 7) is 7.23. The summed E-state index contributed by atoms with van der Waals surface area (Å²) in [5.41, 5.74) is 0.932. The third kappa shape index (κ3) is 2.97. The second-order valence-electron chi connectivity index (χ2n) is 5.28. The third-order valence-corrected chi connectivity index (χ3v) is 3.31. The highest BCUT2D eigenvalue weighted by Gasteiger charge is 2.27. The van der Waals surface area contributed by atoms with E-state index in [4.69, 9.17) is 0 Å². The van der Waals surface area contributed by atoms with Crippen molar-refractivity contribution in [3.8, 4) is 0 Å². The largest absolute Gasteiger partial charge is 0.389 e. The fourth-order valence-corrected chi connectivity index (χ4v) is 2.10. The van der Waals surface area contributed by atoms with Gasteiger partial charge in [0, 0.05) is 24.3 Å². The quantitative estimate of drug-likeness (QED) is 0.851. The van der Waals surface area contributed by atoms with E-state index in [-0.39, 0.29) is 0 Å². The van der Waals surface area contributed by atoms with Crippen molar-refractivity contribution in [2.75, 3.05) is 11.4 Å². The number of nitrogens with zero attached hydrogens (tertiary/aromatic N) is 2. The molecule has 94 valence electrons. The minimum Gasteiger partial charge on any atom is -0.389 e.